The van der Waals surface area contributed by atoms with E-state index in [2.05, 4.69) is 26.8 Å². The third-order valence-corrected chi connectivity index (χ3v) is 4.56. The first-order valence-corrected chi connectivity index (χ1v) is 9.57. The van der Waals surface area contributed by atoms with Gasteiger partial charge in [0.25, 0.3) is 0 Å². The van der Waals surface area contributed by atoms with Crippen LogP contribution < -0.4 is 15.4 Å². The first kappa shape index (κ1) is 23.0. The van der Waals surface area contributed by atoms with Crippen LogP contribution in [0.3, 0.4) is 0 Å². The Morgan fingerprint density at radius 1 is 1.34 bits per heavy atom. The fourth-order valence-corrected chi connectivity index (χ4v) is 2.98. The number of hydrogen-bond donors (Lipinski definition) is 2. The van der Waals surface area contributed by atoms with E-state index in [9.17, 15) is 4.79 Å². The first-order valence-electron chi connectivity index (χ1n) is 9.57. The summed E-state index contributed by atoms with van der Waals surface area (Å²) in [6.45, 7) is 2.31. The minimum absolute atomic E-state index is 0. The second-order valence-electron chi connectivity index (χ2n) is 6.87. The average molecular weight is 512 g/mol. The molecule has 0 aliphatic carbocycles. The van der Waals surface area contributed by atoms with Gasteiger partial charge >= 0.3 is 0 Å². The lowest BCUT2D eigenvalue weighted by molar-refractivity contribution is -0.127. The second kappa shape index (κ2) is 11.6. The van der Waals surface area contributed by atoms with E-state index in [1.807, 2.05) is 35.1 Å². The van der Waals surface area contributed by atoms with Crippen molar-refractivity contribution in [2.24, 2.45) is 4.99 Å². The molecule has 1 aromatic carbocycles. The number of nitrogens with zero attached hydrogens (tertiary/aromatic N) is 4. The van der Waals surface area contributed by atoms with E-state index >= 15 is 0 Å². The number of hydrogen-bond acceptors (Lipinski definition) is 4. The monoisotopic (exact) mass is 512 g/mol. The molecule has 1 aliphatic heterocycles. The van der Waals surface area contributed by atoms with Gasteiger partial charge in [-0.05, 0) is 18.6 Å². The van der Waals surface area contributed by atoms with Crippen molar-refractivity contribution < 1.29 is 9.53 Å². The Morgan fingerprint density at radius 3 is 2.93 bits per heavy atom. The third kappa shape index (κ3) is 6.91. The summed E-state index contributed by atoms with van der Waals surface area (Å²) >= 11 is 0. The maximum atomic E-state index is 12.0. The Morgan fingerprint density at radius 2 is 2.17 bits per heavy atom. The van der Waals surface area contributed by atoms with Crippen LogP contribution in [0.2, 0.25) is 0 Å². The number of likely N-dealkylation sites (N-methyl/N-ethyl adjacent to an activating group) is 1. The van der Waals surface area contributed by atoms with Crippen molar-refractivity contribution in [1.29, 1.82) is 0 Å². The Kier molecular flexibility index (Phi) is 9.23. The zero-order chi connectivity index (χ0) is 19.8. The molecule has 0 saturated carbocycles. The maximum absolute atomic E-state index is 12.0. The maximum Gasteiger partial charge on any atom is 0.243 e. The van der Waals surface area contributed by atoms with E-state index in [4.69, 9.17) is 4.74 Å². The minimum Gasteiger partial charge on any atom is -0.493 e. The van der Waals surface area contributed by atoms with Gasteiger partial charge in [-0.2, -0.15) is 5.10 Å². The van der Waals surface area contributed by atoms with Gasteiger partial charge in [-0.25, -0.2) is 4.99 Å². The van der Waals surface area contributed by atoms with E-state index in [1.165, 1.54) is 0 Å². The van der Waals surface area contributed by atoms with Crippen molar-refractivity contribution in [3.05, 3.63) is 48.3 Å². The van der Waals surface area contributed by atoms with Crippen LogP contribution in [-0.4, -0.2) is 60.3 Å². The van der Waals surface area contributed by atoms with Gasteiger partial charge in [0.1, 0.15) is 12.3 Å². The van der Waals surface area contributed by atoms with E-state index in [0.29, 0.717) is 12.6 Å². The van der Waals surface area contributed by atoms with Gasteiger partial charge in [0, 0.05) is 51.6 Å². The molecule has 3 rings (SSSR count). The molecule has 8 nitrogen and oxygen atoms in total. The Balaban J connectivity index is 0.00000300. The number of carbonyl (C=O) groups excluding carboxylic acids is 1. The number of aromatic nitrogens is 2. The molecule has 0 saturated heterocycles. The lowest BCUT2D eigenvalue weighted by Gasteiger charge is -2.28. The number of benzene rings is 1. The molecule has 1 amide bonds. The molecule has 29 heavy (non-hydrogen) atoms. The highest BCUT2D eigenvalue weighted by molar-refractivity contribution is 14.0. The summed E-state index contributed by atoms with van der Waals surface area (Å²) in [5, 5.41) is 11.0. The number of aryl methyl sites for hydroxylation is 1. The number of para-hydroxylation sites is 1. The van der Waals surface area contributed by atoms with Gasteiger partial charge in [-0.1, -0.05) is 18.2 Å². The molecule has 158 valence electrons. The van der Waals surface area contributed by atoms with Gasteiger partial charge in [0.15, 0.2) is 5.96 Å². The molecule has 0 bridgehead atoms. The summed E-state index contributed by atoms with van der Waals surface area (Å²) in [6, 6.07) is 10.0. The number of guanidine groups is 1. The molecule has 2 aromatic rings. The number of nitrogens with one attached hydrogen (secondary N) is 2. The quantitative estimate of drug-likeness (QED) is 0.257. The Bertz CT molecular complexity index is 794. The van der Waals surface area contributed by atoms with Crippen LogP contribution in [0.15, 0.2) is 47.7 Å². The summed E-state index contributed by atoms with van der Waals surface area (Å²) < 4.78 is 7.63. The molecule has 1 unspecified atom stereocenters. The predicted octanol–water partition coefficient (Wildman–Crippen LogP) is 2.04. The topological polar surface area (TPSA) is 83.8 Å². The molecule has 2 N–H and O–H groups in total. The number of amides is 1. The average Bonchev–Trinajstić information content (AvgIpc) is 3.22. The highest BCUT2D eigenvalue weighted by Gasteiger charge is 2.22. The van der Waals surface area contributed by atoms with Gasteiger partial charge < -0.3 is 20.3 Å². The SMILES string of the molecule is CN(C)C(=O)CN=C(NCCCn1cccn1)NC1CCOc2ccccc21.I. The molecule has 1 aromatic heterocycles. The zero-order valence-corrected chi connectivity index (χ0v) is 19.2. The van der Waals surface area contributed by atoms with Crippen molar-refractivity contribution in [3.8, 4) is 5.75 Å². The van der Waals surface area contributed by atoms with Gasteiger partial charge in [-0.3, -0.25) is 9.48 Å². The van der Waals surface area contributed by atoms with Crippen LogP contribution in [0.5, 0.6) is 5.75 Å². The van der Waals surface area contributed by atoms with Crippen LogP contribution in [-0.2, 0) is 11.3 Å². The lowest BCUT2D eigenvalue weighted by Crippen LogP contribution is -2.42. The van der Waals surface area contributed by atoms with Crippen LogP contribution in [0.4, 0.5) is 0 Å². The van der Waals surface area contributed by atoms with Crippen LogP contribution >= 0.6 is 24.0 Å². The number of rotatable bonds is 7. The van der Waals surface area contributed by atoms with Gasteiger partial charge in [0.2, 0.25) is 5.91 Å². The van der Waals surface area contributed by atoms with Crippen LogP contribution in [0.25, 0.3) is 0 Å². The number of aliphatic imine (C=N–C) groups is 1. The Hall–Kier alpha value is -2.30. The Labute approximate surface area is 188 Å². The summed E-state index contributed by atoms with van der Waals surface area (Å²) in [5.74, 6) is 1.50. The van der Waals surface area contributed by atoms with E-state index in [1.54, 1.807) is 25.2 Å². The molecular formula is C20H29IN6O2. The molecule has 1 aliphatic rings. The smallest absolute Gasteiger partial charge is 0.243 e. The second-order valence-corrected chi connectivity index (χ2v) is 6.87. The molecule has 2 heterocycles. The van der Waals surface area contributed by atoms with Crippen LogP contribution in [0.1, 0.15) is 24.4 Å². The number of fused-ring (bicyclic) bond motifs is 1. The summed E-state index contributed by atoms with van der Waals surface area (Å²) in [7, 11) is 3.47. The molecular weight excluding hydrogens is 483 g/mol. The first-order chi connectivity index (χ1) is 13.6. The third-order valence-electron chi connectivity index (χ3n) is 4.56. The van der Waals surface area contributed by atoms with Gasteiger partial charge in [0.05, 0.1) is 12.6 Å². The highest BCUT2D eigenvalue weighted by atomic mass is 127. The van der Waals surface area contributed by atoms with E-state index in [-0.39, 0.29) is 42.5 Å². The largest absolute Gasteiger partial charge is 0.493 e. The molecule has 9 heteroatoms. The molecule has 0 radical (unpaired) electrons. The highest BCUT2D eigenvalue weighted by Crippen LogP contribution is 2.31. The number of ether oxygens (including phenoxy) is 1. The summed E-state index contributed by atoms with van der Waals surface area (Å²) in [4.78, 5) is 18.0. The summed E-state index contributed by atoms with van der Waals surface area (Å²) in [5.41, 5.74) is 1.11. The normalized spacial score (nSPS) is 15.5. The van der Waals surface area contributed by atoms with Crippen molar-refractivity contribution in [1.82, 2.24) is 25.3 Å². The van der Waals surface area contributed by atoms with Crippen molar-refractivity contribution in [2.75, 3.05) is 33.8 Å². The molecule has 0 spiro atoms. The molecule has 1 atom stereocenters. The lowest BCUT2D eigenvalue weighted by atomic mass is 10.0. The fourth-order valence-electron chi connectivity index (χ4n) is 2.98. The standard InChI is InChI=1S/C20H28N6O2.HI/c1-25(2)19(27)15-22-20(21-10-5-12-26-13-6-11-23-26)24-17-9-14-28-18-8-4-3-7-16(17)18;/h3-4,6-8,11,13,17H,5,9-10,12,14-15H2,1-2H3,(H2,21,22,24);1H. The van der Waals surface area contributed by atoms with Gasteiger partial charge in [-0.15, -0.1) is 24.0 Å². The van der Waals surface area contributed by atoms with Crippen molar-refractivity contribution in [2.45, 2.75) is 25.4 Å². The molecule has 0 fully saturated rings. The number of halogens is 1. The van der Waals surface area contributed by atoms with E-state index in [0.717, 1.165) is 37.2 Å². The fraction of sp³-hybridized carbons (Fsp3) is 0.450. The predicted molar refractivity (Wildman–Crippen MR) is 124 cm³/mol. The zero-order valence-electron chi connectivity index (χ0n) is 16.9. The minimum atomic E-state index is -0.0370. The van der Waals surface area contributed by atoms with Crippen LogP contribution in [0, 0.1) is 0 Å². The summed E-state index contributed by atoms with van der Waals surface area (Å²) in [6.07, 6.45) is 5.46. The number of carbonyl (C=O) groups is 1. The van der Waals surface area contributed by atoms with Crippen molar-refractivity contribution >= 4 is 35.8 Å². The van der Waals surface area contributed by atoms with Crippen molar-refractivity contribution in [3.63, 3.8) is 0 Å². The van der Waals surface area contributed by atoms with E-state index < -0.39 is 0 Å².